The molecule has 0 heterocycles. The van der Waals surface area contributed by atoms with E-state index in [0.29, 0.717) is 34.0 Å². The highest BCUT2D eigenvalue weighted by atomic mass is 79.9. The third-order valence-corrected chi connectivity index (χ3v) is 4.90. The third-order valence-electron chi connectivity index (χ3n) is 4.12. The number of nitrogens with one attached hydrogen (secondary N) is 2. The number of hydrogen-bond acceptors (Lipinski definition) is 4. The molecule has 0 spiro atoms. The largest absolute Gasteiger partial charge is 0.495 e. The SMILES string of the molecule is COc1cc(C(=O)NCC(Nc2ccccc2)C(C)C)cc(OC)c1Br. The Morgan fingerprint density at radius 1 is 1.08 bits per heavy atom. The quantitative estimate of drug-likeness (QED) is 0.666. The molecular formula is C20H25BrN2O3. The maximum absolute atomic E-state index is 12.6. The summed E-state index contributed by atoms with van der Waals surface area (Å²) in [6.07, 6.45) is 0. The molecule has 1 amide bonds. The van der Waals surface area contributed by atoms with Crippen LogP contribution >= 0.6 is 15.9 Å². The second-order valence-corrected chi connectivity index (χ2v) is 7.06. The number of amides is 1. The summed E-state index contributed by atoms with van der Waals surface area (Å²) in [5.41, 5.74) is 1.52. The van der Waals surface area contributed by atoms with Crippen LogP contribution in [0.3, 0.4) is 0 Å². The van der Waals surface area contributed by atoms with E-state index in [1.807, 2.05) is 30.3 Å². The monoisotopic (exact) mass is 420 g/mol. The molecule has 26 heavy (non-hydrogen) atoms. The molecule has 0 aliphatic carbocycles. The van der Waals surface area contributed by atoms with E-state index in [9.17, 15) is 4.79 Å². The van der Waals surface area contributed by atoms with Crippen LogP contribution in [0.4, 0.5) is 5.69 Å². The molecule has 0 radical (unpaired) electrons. The second-order valence-electron chi connectivity index (χ2n) is 6.27. The normalized spacial score (nSPS) is 11.8. The topological polar surface area (TPSA) is 59.6 Å². The van der Waals surface area contributed by atoms with Crippen LogP contribution in [0, 0.1) is 5.92 Å². The maximum Gasteiger partial charge on any atom is 0.251 e. The first kappa shape index (κ1) is 20.1. The van der Waals surface area contributed by atoms with Gasteiger partial charge in [0.25, 0.3) is 5.91 Å². The molecule has 0 aliphatic rings. The lowest BCUT2D eigenvalue weighted by atomic mass is 10.0. The zero-order valence-corrected chi connectivity index (χ0v) is 17.1. The third kappa shape index (κ3) is 5.14. The van der Waals surface area contributed by atoms with Crippen molar-refractivity contribution >= 4 is 27.5 Å². The van der Waals surface area contributed by atoms with Gasteiger partial charge in [-0.25, -0.2) is 0 Å². The molecule has 1 atom stereocenters. The van der Waals surface area contributed by atoms with E-state index in [1.165, 1.54) is 0 Å². The molecule has 2 aromatic rings. The average molecular weight is 421 g/mol. The molecule has 1 unspecified atom stereocenters. The first-order valence-electron chi connectivity index (χ1n) is 8.47. The molecule has 0 bridgehead atoms. The van der Waals surface area contributed by atoms with Gasteiger partial charge in [0, 0.05) is 23.8 Å². The van der Waals surface area contributed by atoms with Crippen molar-refractivity contribution in [2.75, 3.05) is 26.1 Å². The van der Waals surface area contributed by atoms with E-state index in [2.05, 4.69) is 40.4 Å². The lowest BCUT2D eigenvalue weighted by Crippen LogP contribution is -2.39. The van der Waals surface area contributed by atoms with Crippen LogP contribution in [0.5, 0.6) is 11.5 Å². The average Bonchev–Trinajstić information content (AvgIpc) is 2.65. The number of para-hydroxylation sites is 1. The summed E-state index contributed by atoms with van der Waals surface area (Å²) < 4.78 is 11.3. The van der Waals surface area contributed by atoms with Crippen LogP contribution in [0.1, 0.15) is 24.2 Å². The lowest BCUT2D eigenvalue weighted by Gasteiger charge is -2.24. The highest BCUT2D eigenvalue weighted by molar-refractivity contribution is 9.10. The standard InChI is InChI=1S/C20H25BrN2O3/c1-13(2)16(23-15-8-6-5-7-9-15)12-22-20(24)14-10-17(25-3)19(21)18(11-14)26-4/h5-11,13,16,23H,12H2,1-4H3,(H,22,24). The molecule has 5 nitrogen and oxygen atoms in total. The predicted octanol–water partition coefficient (Wildman–Crippen LogP) is 4.33. The van der Waals surface area contributed by atoms with Crippen molar-refractivity contribution in [2.24, 2.45) is 5.92 Å². The molecule has 6 heteroatoms. The Kier molecular flexibility index (Phi) is 7.33. The fourth-order valence-corrected chi connectivity index (χ4v) is 3.06. The highest BCUT2D eigenvalue weighted by Gasteiger charge is 2.18. The van der Waals surface area contributed by atoms with Gasteiger partial charge in [-0.1, -0.05) is 32.0 Å². The second kappa shape index (κ2) is 9.48. The summed E-state index contributed by atoms with van der Waals surface area (Å²) in [5.74, 6) is 1.29. The number of anilines is 1. The van der Waals surface area contributed by atoms with Gasteiger partial charge in [0.1, 0.15) is 16.0 Å². The Hall–Kier alpha value is -2.21. The minimum Gasteiger partial charge on any atom is -0.495 e. The van der Waals surface area contributed by atoms with E-state index in [1.54, 1.807) is 26.4 Å². The van der Waals surface area contributed by atoms with E-state index in [0.717, 1.165) is 5.69 Å². The zero-order valence-electron chi connectivity index (χ0n) is 15.5. The minimum atomic E-state index is -0.172. The molecule has 0 aromatic heterocycles. The van der Waals surface area contributed by atoms with Crippen molar-refractivity contribution < 1.29 is 14.3 Å². The number of benzene rings is 2. The van der Waals surface area contributed by atoms with E-state index < -0.39 is 0 Å². The minimum absolute atomic E-state index is 0.112. The molecule has 0 aliphatic heterocycles. The molecular weight excluding hydrogens is 396 g/mol. The number of carbonyl (C=O) groups excluding carboxylic acids is 1. The van der Waals surface area contributed by atoms with Gasteiger partial charge in [0.2, 0.25) is 0 Å². The fraction of sp³-hybridized carbons (Fsp3) is 0.350. The number of ether oxygens (including phenoxy) is 2. The van der Waals surface area contributed by atoms with Crippen molar-refractivity contribution in [3.63, 3.8) is 0 Å². The maximum atomic E-state index is 12.6. The Labute approximate surface area is 163 Å². The molecule has 2 aromatic carbocycles. The predicted molar refractivity (Wildman–Crippen MR) is 108 cm³/mol. The van der Waals surface area contributed by atoms with Crippen molar-refractivity contribution in [2.45, 2.75) is 19.9 Å². The van der Waals surface area contributed by atoms with Crippen LogP contribution in [-0.4, -0.2) is 32.7 Å². The van der Waals surface area contributed by atoms with Gasteiger partial charge in [0.15, 0.2) is 0 Å². The van der Waals surface area contributed by atoms with Gasteiger partial charge in [0.05, 0.1) is 14.2 Å². The Morgan fingerprint density at radius 3 is 2.15 bits per heavy atom. The summed E-state index contributed by atoms with van der Waals surface area (Å²) in [6, 6.07) is 13.5. The summed E-state index contributed by atoms with van der Waals surface area (Å²) in [4.78, 5) is 12.6. The molecule has 140 valence electrons. The Morgan fingerprint density at radius 2 is 1.65 bits per heavy atom. The van der Waals surface area contributed by atoms with Crippen LogP contribution in [0.15, 0.2) is 46.9 Å². The smallest absolute Gasteiger partial charge is 0.251 e. The van der Waals surface area contributed by atoms with Crippen molar-refractivity contribution in [3.05, 3.63) is 52.5 Å². The van der Waals surface area contributed by atoms with E-state index in [4.69, 9.17) is 9.47 Å². The summed E-state index contributed by atoms with van der Waals surface area (Å²) in [6.45, 7) is 4.75. The van der Waals surface area contributed by atoms with Crippen LogP contribution < -0.4 is 20.1 Å². The van der Waals surface area contributed by atoms with Gasteiger partial charge in [-0.05, 0) is 46.1 Å². The number of methoxy groups -OCH3 is 2. The van der Waals surface area contributed by atoms with Gasteiger partial charge < -0.3 is 20.1 Å². The first-order chi connectivity index (χ1) is 12.5. The summed E-state index contributed by atoms with van der Waals surface area (Å²) in [5, 5.41) is 6.46. The van der Waals surface area contributed by atoms with Crippen molar-refractivity contribution in [1.29, 1.82) is 0 Å². The summed E-state index contributed by atoms with van der Waals surface area (Å²) >= 11 is 3.41. The molecule has 2 rings (SSSR count). The lowest BCUT2D eigenvalue weighted by molar-refractivity contribution is 0.0949. The fourth-order valence-electron chi connectivity index (χ4n) is 2.51. The van der Waals surface area contributed by atoms with E-state index >= 15 is 0 Å². The van der Waals surface area contributed by atoms with Crippen LogP contribution in [0.2, 0.25) is 0 Å². The van der Waals surface area contributed by atoms with Gasteiger partial charge in [-0.3, -0.25) is 4.79 Å². The zero-order chi connectivity index (χ0) is 19.1. The van der Waals surface area contributed by atoms with Gasteiger partial charge in [-0.2, -0.15) is 0 Å². The Balaban J connectivity index is 2.08. The molecule has 0 saturated carbocycles. The molecule has 0 fully saturated rings. The van der Waals surface area contributed by atoms with Crippen molar-refractivity contribution in [3.8, 4) is 11.5 Å². The number of halogens is 1. The molecule has 0 saturated heterocycles. The van der Waals surface area contributed by atoms with Crippen LogP contribution in [0.25, 0.3) is 0 Å². The molecule has 2 N–H and O–H groups in total. The van der Waals surface area contributed by atoms with Crippen LogP contribution in [-0.2, 0) is 0 Å². The summed E-state index contributed by atoms with van der Waals surface area (Å²) in [7, 11) is 3.11. The number of hydrogen-bond donors (Lipinski definition) is 2. The number of rotatable bonds is 8. The van der Waals surface area contributed by atoms with E-state index in [-0.39, 0.29) is 11.9 Å². The van der Waals surface area contributed by atoms with Crippen molar-refractivity contribution in [1.82, 2.24) is 5.32 Å². The van der Waals surface area contributed by atoms with Gasteiger partial charge >= 0.3 is 0 Å². The number of carbonyl (C=O) groups is 1. The van der Waals surface area contributed by atoms with Gasteiger partial charge in [-0.15, -0.1) is 0 Å². The highest BCUT2D eigenvalue weighted by Crippen LogP contribution is 2.35. The first-order valence-corrected chi connectivity index (χ1v) is 9.26. The Bertz CT molecular complexity index is 710.